The number of hydrogen-bond acceptors (Lipinski definition) is 5. The Morgan fingerprint density at radius 3 is 3.11 bits per heavy atom. The van der Waals surface area contributed by atoms with Crippen LogP contribution in [0.4, 0.5) is 5.00 Å². The molecule has 1 fully saturated rings. The van der Waals surface area contributed by atoms with Crippen LogP contribution in [0.1, 0.15) is 34.9 Å². The Morgan fingerprint density at radius 1 is 1.39 bits per heavy atom. The first-order chi connectivity index (χ1) is 8.83. The molecule has 4 rings (SSSR count). The molecule has 0 saturated heterocycles. The van der Waals surface area contributed by atoms with E-state index in [1.54, 1.807) is 22.7 Å². The van der Waals surface area contributed by atoms with Gasteiger partial charge < -0.3 is 10.5 Å². The number of fused-ring (bicyclic) bond motifs is 1. The number of thiophene rings is 1. The number of anilines is 1. The summed E-state index contributed by atoms with van der Waals surface area (Å²) >= 11 is 3.40. The van der Waals surface area contributed by atoms with Crippen molar-refractivity contribution in [2.75, 3.05) is 12.3 Å². The maximum absolute atomic E-state index is 6.18. The van der Waals surface area contributed by atoms with Gasteiger partial charge in [0.2, 0.25) is 0 Å². The highest BCUT2D eigenvalue weighted by atomic mass is 32.1. The fraction of sp³-hybridized carbons (Fsp3) is 0.462. The van der Waals surface area contributed by atoms with E-state index in [2.05, 4.69) is 5.38 Å². The lowest BCUT2D eigenvalue weighted by molar-refractivity contribution is 0.114. The largest absolute Gasteiger partial charge is 0.390 e. The molecule has 5 heteroatoms. The molecule has 18 heavy (non-hydrogen) atoms. The van der Waals surface area contributed by atoms with Gasteiger partial charge in [0.1, 0.15) is 5.01 Å². The Bertz CT molecular complexity index is 598. The Morgan fingerprint density at radius 2 is 2.28 bits per heavy atom. The van der Waals surface area contributed by atoms with Crippen molar-refractivity contribution in [3.8, 4) is 10.6 Å². The van der Waals surface area contributed by atoms with E-state index >= 15 is 0 Å². The first-order valence-corrected chi connectivity index (χ1v) is 7.96. The third kappa shape index (κ3) is 1.69. The van der Waals surface area contributed by atoms with Crippen molar-refractivity contribution in [3.05, 3.63) is 21.5 Å². The zero-order chi connectivity index (χ0) is 12.1. The molecule has 2 aromatic rings. The molecule has 0 amide bonds. The maximum atomic E-state index is 6.18. The van der Waals surface area contributed by atoms with Crippen LogP contribution >= 0.6 is 22.7 Å². The van der Waals surface area contributed by atoms with E-state index in [0.29, 0.717) is 12.5 Å². The smallest absolute Gasteiger partial charge is 0.126 e. The first-order valence-electron chi connectivity index (χ1n) is 6.26. The summed E-state index contributed by atoms with van der Waals surface area (Å²) in [6.45, 7) is 1.52. The van der Waals surface area contributed by atoms with Gasteiger partial charge in [-0.3, -0.25) is 0 Å². The van der Waals surface area contributed by atoms with E-state index in [1.165, 1.54) is 34.5 Å². The van der Waals surface area contributed by atoms with Crippen molar-refractivity contribution in [1.29, 1.82) is 0 Å². The number of aromatic nitrogens is 1. The van der Waals surface area contributed by atoms with Gasteiger partial charge in [0.25, 0.3) is 0 Å². The lowest BCUT2D eigenvalue weighted by Gasteiger charge is -2.12. The molecule has 0 radical (unpaired) electrons. The van der Waals surface area contributed by atoms with Gasteiger partial charge in [-0.1, -0.05) is 0 Å². The van der Waals surface area contributed by atoms with Gasteiger partial charge in [0, 0.05) is 21.7 Å². The van der Waals surface area contributed by atoms with Crippen LogP contribution in [0.5, 0.6) is 0 Å². The zero-order valence-electron chi connectivity index (χ0n) is 9.94. The average molecular weight is 278 g/mol. The number of rotatable bonds is 2. The topological polar surface area (TPSA) is 48.1 Å². The minimum absolute atomic E-state index is 0.713. The number of nitrogen functional groups attached to an aromatic ring is 1. The van der Waals surface area contributed by atoms with Crippen LogP contribution in [0, 0.1) is 0 Å². The van der Waals surface area contributed by atoms with Gasteiger partial charge in [-0.05, 0) is 24.8 Å². The van der Waals surface area contributed by atoms with Crippen LogP contribution < -0.4 is 5.73 Å². The van der Waals surface area contributed by atoms with Crippen LogP contribution in [0.25, 0.3) is 10.6 Å². The predicted molar refractivity (Wildman–Crippen MR) is 75.2 cm³/mol. The Labute approximate surface area is 114 Å². The molecule has 1 aliphatic heterocycles. The molecule has 1 aliphatic carbocycles. The summed E-state index contributed by atoms with van der Waals surface area (Å²) in [7, 11) is 0. The van der Waals surface area contributed by atoms with Crippen LogP contribution in [0.3, 0.4) is 0 Å². The van der Waals surface area contributed by atoms with E-state index in [9.17, 15) is 0 Å². The zero-order valence-corrected chi connectivity index (χ0v) is 11.6. The molecule has 3 nitrogen and oxygen atoms in total. The van der Waals surface area contributed by atoms with E-state index < -0.39 is 0 Å². The molecule has 0 unspecified atom stereocenters. The van der Waals surface area contributed by atoms with Crippen LogP contribution in [-0.2, 0) is 17.8 Å². The van der Waals surface area contributed by atoms with Gasteiger partial charge in [0.05, 0.1) is 23.9 Å². The third-order valence-corrected chi connectivity index (χ3v) is 5.49. The number of thiazole rings is 1. The number of nitrogens with two attached hydrogens (primary N) is 1. The standard InChI is InChI=1S/C13H14N2OS2/c14-12-11(8-3-4-16-5-10(8)18-12)13-15-9(6-17-13)7-1-2-7/h6-7H,1-5,14H2. The lowest BCUT2D eigenvalue weighted by atomic mass is 10.1. The van der Waals surface area contributed by atoms with Crippen LogP contribution in [0.2, 0.25) is 0 Å². The summed E-state index contributed by atoms with van der Waals surface area (Å²) in [6.07, 6.45) is 3.57. The second-order valence-corrected chi connectivity index (χ2v) is 6.89. The van der Waals surface area contributed by atoms with Crippen molar-refractivity contribution in [2.45, 2.75) is 31.8 Å². The third-order valence-electron chi connectivity index (χ3n) is 3.58. The molecular weight excluding hydrogens is 264 g/mol. The van der Waals surface area contributed by atoms with E-state index in [-0.39, 0.29) is 0 Å². The molecule has 3 heterocycles. The van der Waals surface area contributed by atoms with E-state index in [4.69, 9.17) is 15.5 Å². The van der Waals surface area contributed by atoms with Gasteiger partial charge >= 0.3 is 0 Å². The van der Waals surface area contributed by atoms with Crippen molar-refractivity contribution in [1.82, 2.24) is 4.98 Å². The number of nitrogens with zero attached hydrogens (tertiary/aromatic N) is 1. The summed E-state index contributed by atoms with van der Waals surface area (Å²) in [4.78, 5) is 6.08. The monoisotopic (exact) mass is 278 g/mol. The van der Waals surface area contributed by atoms with Crippen molar-refractivity contribution >= 4 is 27.7 Å². The second-order valence-electron chi connectivity index (χ2n) is 4.90. The Hall–Kier alpha value is -0.910. The average Bonchev–Trinajstić information content (AvgIpc) is 3.01. The summed E-state index contributed by atoms with van der Waals surface area (Å²) in [5.41, 5.74) is 10.0. The normalized spacial score (nSPS) is 18.9. The van der Waals surface area contributed by atoms with Gasteiger partial charge in [-0.2, -0.15) is 0 Å². The van der Waals surface area contributed by atoms with Crippen molar-refractivity contribution in [3.63, 3.8) is 0 Å². The van der Waals surface area contributed by atoms with Crippen molar-refractivity contribution < 1.29 is 4.74 Å². The molecule has 2 aromatic heterocycles. The summed E-state index contributed by atoms with van der Waals surface area (Å²) in [5, 5.41) is 4.21. The minimum Gasteiger partial charge on any atom is -0.390 e. The highest BCUT2D eigenvalue weighted by Crippen LogP contribution is 2.45. The summed E-state index contributed by atoms with van der Waals surface area (Å²) in [6, 6.07) is 0. The summed E-state index contributed by atoms with van der Waals surface area (Å²) in [5.74, 6) is 0.717. The molecule has 2 aliphatic rings. The molecule has 0 spiro atoms. The Kier molecular flexibility index (Phi) is 2.46. The quantitative estimate of drug-likeness (QED) is 0.916. The van der Waals surface area contributed by atoms with Gasteiger partial charge in [0.15, 0.2) is 0 Å². The molecular formula is C13H14N2OS2. The SMILES string of the molecule is Nc1sc2c(c1-c1nc(C3CC3)cs1)CCOC2. The molecule has 2 N–H and O–H groups in total. The predicted octanol–water partition coefficient (Wildman–Crippen LogP) is 3.40. The van der Waals surface area contributed by atoms with E-state index in [0.717, 1.165) is 23.0 Å². The minimum atomic E-state index is 0.713. The van der Waals surface area contributed by atoms with Gasteiger partial charge in [-0.25, -0.2) is 4.98 Å². The molecule has 0 aromatic carbocycles. The molecule has 0 atom stereocenters. The second kappa shape index (κ2) is 4.05. The first kappa shape index (κ1) is 11.0. The molecule has 94 valence electrons. The van der Waals surface area contributed by atoms with Crippen LogP contribution in [-0.4, -0.2) is 11.6 Å². The van der Waals surface area contributed by atoms with Gasteiger partial charge in [-0.15, -0.1) is 22.7 Å². The van der Waals surface area contributed by atoms with Crippen LogP contribution in [0.15, 0.2) is 5.38 Å². The number of ether oxygens (including phenoxy) is 1. The fourth-order valence-corrected chi connectivity index (χ4v) is 4.56. The van der Waals surface area contributed by atoms with E-state index in [1.807, 2.05) is 0 Å². The molecule has 1 saturated carbocycles. The maximum Gasteiger partial charge on any atom is 0.126 e. The highest BCUT2D eigenvalue weighted by molar-refractivity contribution is 7.18. The lowest BCUT2D eigenvalue weighted by Crippen LogP contribution is -2.07. The van der Waals surface area contributed by atoms with Crippen molar-refractivity contribution in [2.24, 2.45) is 0 Å². The summed E-state index contributed by atoms with van der Waals surface area (Å²) < 4.78 is 5.49. The fourth-order valence-electron chi connectivity index (χ4n) is 2.46. The highest BCUT2D eigenvalue weighted by Gasteiger charge is 2.28. The Balaban J connectivity index is 1.80. The molecule has 0 bridgehead atoms. The number of hydrogen-bond donors (Lipinski definition) is 1.